The van der Waals surface area contributed by atoms with Crippen molar-refractivity contribution in [2.45, 2.75) is 25.3 Å². The second-order valence-corrected chi connectivity index (χ2v) is 7.43. The van der Waals surface area contributed by atoms with Gasteiger partial charge < -0.3 is 5.32 Å². The molecule has 0 saturated carbocycles. The van der Waals surface area contributed by atoms with E-state index >= 15 is 0 Å². The Kier molecular flexibility index (Phi) is 6.30. The molecule has 1 aromatic heterocycles. The first kappa shape index (κ1) is 18.4. The summed E-state index contributed by atoms with van der Waals surface area (Å²) in [6.45, 7) is 1.77. The van der Waals surface area contributed by atoms with Gasteiger partial charge >= 0.3 is 0 Å². The van der Waals surface area contributed by atoms with Gasteiger partial charge in [0, 0.05) is 24.0 Å². The van der Waals surface area contributed by atoms with Crippen molar-refractivity contribution in [3.8, 4) is 0 Å². The first-order valence-electron chi connectivity index (χ1n) is 7.27. The summed E-state index contributed by atoms with van der Waals surface area (Å²) in [7, 11) is -3.69. The van der Waals surface area contributed by atoms with Crippen LogP contribution in [0, 0.1) is 0 Å². The van der Waals surface area contributed by atoms with Crippen molar-refractivity contribution in [3.05, 3.63) is 64.9 Å². The predicted molar refractivity (Wildman–Crippen MR) is 92.8 cm³/mol. The normalized spacial score (nSPS) is 12.6. The van der Waals surface area contributed by atoms with Crippen LogP contribution in [0.15, 0.2) is 48.8 Å². The number of benzene rings is 1. The highest BCUT2D eigenvalue weighted by molar-refractivity contribution is 7.88. The van der Waals surface area contributed by atoms with Gasteiger partial charge in [-0.05, 0) is 30.2 Å². The Labute approximate surface area is 146 Å². The summed E-state index contributed by atoms with van der Waals surface area (Å²) >= 11 is 5.97. The van der Waals surface area contributed by atoms with Crippen LogP contribution < -0.4 is 10.0 Å². The Morgan fingerprint density at radius 3 is 2.67 bits per heavy atom. The molecule has 0 spiro atoms. The van der Waals surface area contributed by atoms with E-state index in [2.05, 4.69) is 15.0 Å². The van der Waals surface area contributed by atoms with Crippen molar-refractivity contribution < 1.29 is 13.2 Å². The van der Waals surface area contributed by atoms with E-state index in [0.717, 1.165) is 5.56 Å². The van der Waals surface area contributed by atoms with Gasteiger partial charge in [-0.1, -0.05) is 35.9 Å². The van der Waals surface area contributed by atoms with Crippen LogP contribution in [0.3, 0.4) is 0 Å². The van der Waals surface area contributed by atoms with Gasteiger partial charge in [0.05, 0.1) is 11.8 Å². The number of hydrogen-bond acceptors (Lipinski definition) is 4. The van der Waals surface area contributed by atoms with Crippen molar-refractivity contribution >= 4 is 27.5 Å². The topological polar surface area (TPSA) is 88.2 Å². The maximum Gasteiger partial charge on any atom is 0.238 e. The second-order valence-electron chi connectivity index (χ2n) is 5.27. The Morgan fingerprint density at radius 2 is 2.00 bits per heavy atom. The molecule has 1 aromatic carbocycles. The highest BCUT2D eigenvalue weighted by atomic mass is 35.5. The van der Waals surface area contributed by atoms with E-state index < -0.39 is 22.0 Å². The molecule has 1 heterocycles. The van der Waals surface area contributed by atoms with E-state index in [1.54, 1.807) is 42.7 Å². The maximum atomic E-state index is 12.2. The molecular weight excluding hydrogens is 350 g/mol. The third kappa shape index (κ3) is 5.59. The Morgan fingerprint density at radius 1 is 1.25 bits per heavy atom. The quantitative estimate of drug-likeness (QED) is 0.781. The summed E-state index contributed by atoms with van der Waals surface area (Å²) < 4.78 is 26.7. The van der Waals surface area contributed by atoms with E-state index in [4.69, 9.17) is 11.6 Å². The molecule has 0 saturated heterocycles. The van der Waals surface area contributed by atoms with Gasteiger partial charge in [-0.15, -0.1) is 0 Å². The van der Waals surface area contributed by atoms with Gasteiger partial charge in [-0.3, -0.25) is 9.78 Å². The lowest BCUT2D eigenvalue weighted by molar-refractivity contribution is -0.122. The minimum atomic E-state index is -3.69. The molecule has 6 nitrogen and oxygen atoms in total. The Hall–Kier alpha value is -1.96. The number of halogens is 1. The molecule has 8 heteroatoms. The molecule has 0 radical (unpaired) electrons. The van der Waals surface area contributed by atoms with Gasteiger partial charge in [0.25, 0.3) is 0 Å². The molecule has 2 N–H and O–H groups in total. The van der Waals surface area contributed by atoms with Crippen LogP contribution in [0.4, 0.5) is 0 Å². The van der Waals surface area contributed by atoms with Crippen molar-refractivity contribution in [1.82, 2.24) is 15.0 Å². The summed E-state index contributed by atoms with van der Waals surface area (Å²) in [6.07, 6.45) is 3.27. The van der Waals surface area contributed by atoms with Gasteiger partial charge in [-0.25, -0.2) is 13.1 Å². The summed E-state index contributed by atoms with van der Waals surface area (Å²) in [6, 6.07) is 9.37. The number of nitrogens with one attached hydrogen (secondary N) is 2. The standard InChI is InChI=1S/C16H18ClN3O3S/c1-12(16(21)19-10-13-5-4-8-18-9-13)20-24(22,23)11-14-6-2-3-7-15(14)17/h2-9,12,20H,10-11H2,1H3,(H,19,21)/t12-/m0/s1. The molecule has 0 aliphatic heterocycles. The van der Waals surface area contributed by atoms with E-state index in [9.17, 15) is 13.2 Å². The van der Waals surface area contributed by atoms with Gasteiger partial charge in [0.1, 0.15) is 0 Å². The van der Waals surface area contributed by atoms with E-state index in [1.807, 2.05) is 6.07 Å². The highest BCUT2D eigenvalue weighted by Gasteiger charge is 2.21. The molecule has 0 unspecified atom stereocenters. The fourth-order valence-corrected chi connectivity index (χ4v) is 3.70. The monoisotopic (exact) mass is 367 g/mol. The smallest absolute Gasteiger partial charge is 0.238 e. The van der Waals surface area contributed by atoms with Crippen LogP contribution in [0.5, 0.6) is 0 Å². The first-order chi connectivity index (χ1) is 11.4. The minimum Gasteiger partial charge on any atom is -0.351 e. The summed E-state index contributed by atoms with van der Waals surface area (Å²) in [5.74, 6) is -0.700. The zero-order valence-corrected chi connectivity index (χ0v) is 14.6. The van der Waals surface area contributed by atoms with Crippen LogP contribution in [-0.4, -0.2) is 25.4 Å². The lowest BCUT2D eigenvalue weighted by atomic mass is 10.2. The molecule has 24 heavy (non-hydrogen) atoms. The highest BCUT2D eigenvalue weighted by Crippen LogP contribution is 2.17. The van der Waals surface area contributed by atoms with Crippen LogP contribution in [0.2, 0.25) is 5.02 Å². The molecule has 128 valence electrons. The summed E-state index contributed by atoms with van der Waals surface area (Å²) in [5, 5.41) is 3.04. The molecule has 0 aliphatic carbocycles. The Balaban J connectivity index is 1.91. The second kappa shape index (κ2) is 8.23. The molecule has 0 fully saturated rings. The van der Waals surface area contributed by atoms with Crippen LogP contribution in [-0.2, 0) is 27.1 Å². The van der Waals surface area contributed by atoms with Gasteiger partial charge in [0.2, 0.25) is 15.9 Å². The number of amides is 1. The van der Waals surface area contributed by atoms with E-state index in [0.29, 0.717) is 10.6 Å². The fourth-order valence-electron chi connectivity index (χ4n) is 2.03. The maximum absolute atomic E-state index is 12.2. The lowest BCUT2D eigenvalue weighted by Crippen LogP contribution is -2.44. The average molecular weight is 368 g/mol. The Bertz CT molecular complexity index is 797. The molecule has 1 amide bonds. The molecule has 0 aliphatic rings. The number of hydrogen-bond donors (Lipinski definition) is 2. The largest absolute Gasteiger partial charge is 0.351 e. The van der Waals surface area contributed by atoms with Crippen molar-refractivity contribution in [2.24, 2.45) is 0 Å². The number of aromatic nitrogens is 1. The minimum absolute atomic E-state index is 0.281. The van der Waals surface area contributed by atoms with Gasteiger partial charge in [-0.2, -0.15) is 0 Å². The van der Waals surface area contributed by atoms with Crippen molar-refractivity contribution in [3.63, 3.8) is 0 Å². The zero-order valence-electron chi connectivity index (χ0n) is 13.1. The average Bonchev–Trinajstić information content (AvgIpc) is 2.55. The first-order valence-corrected chi connectivity index (χ1v) is 9.30. The predicted octanol–water partition coefficient (Wildman–Crippen LogP) is 1.86. The lowest BCUT2D eigenvalue weighted by Gasteiger charge is -2.15. The molecular formula is C16H18ClN3O3S. The molecule has 0 bridgehead atoms. The molecule has 1 atom stereocenters. The SMILES string of the molecule is C[C@H](NS(=O)(=O)Cc1ccccc1Cl)C(=O)NCc1cccnc1. The van der Waals surface area contributed by atoms with Crippen LogP contribution in [0.1, 0.15) is 18.1 Å². The fraction of sp³-hybridized carbons (Fsp3) is 0.250. The van der Waals surface area contributed by atoms with E-state index in [-0.39, 0.29) is 12.3 Å². The zero-order chi connectivity index (χ0) is 17.6. The number of nitrogens with zero attached hydrogens (tertiary/aromatic N) is 1. The number of rotatable bonds is 7. The van der Waals surface area contributed by atoms with Crippen LogP contribution in [0.25, 0.3) is 0 Å². The molecule has 2 rings (SSSR count). The summed E-state index contributed by atoms with van der Waals surface area (Å²) in [5.41, 5.74) is 1.31. The third-order valence-corrected chi connectivity index (χ3v) is 5.01. The number of carbonyl (C=O) groups is 1. The van der Waals surface area contributed by atoms with E-state index in [1.165, 1.54) is 6.92 Å². The summed E-state index contributed by atoms with van der Waals surface area (Å²) in [4.78, 5) is 16.0. The number of sulfonamides is 1. The number of carbonyl (C=O) groups excluding carboxylic acids is 1. The van der Waals surface area contributed by atoms with Gasteiger partial charge in [0.15, 0.2) is 0 Å². The third-order valence-electron chi connectivity index (χ3n) is 3.24. The van der Waals surface area contributed by atoms with Crippen molar-refractivity contribution in [2.75, 3.05) is 0 Å². The molecule has 2 aromatic rings. The van der Waals surface area contributed by atoms with Crippen molar-refractivity contribution in [1.29, 1.82) is 0 Å². The number of pyridine rings is 1. The van der Waals surface area contributed by atoms with Crippen LogP contribution >= 0.6 is 11.6 Å².